The summed E-state index contributed by atoms with van der Waals surface area (Å²) in [7, 11) is -0.504. The molecule has 0 saturated carbocycles. The Hall–Kier alpha value is -3.51. The highest BCUT2D eigenvalue weighted by atomic mass is 35.5. The molecule has 1 unspecified atom stereocenters. The Balaban J connectivity index is 1.26. The third-order valence-corrected chi connectivity index (χ3v) is 11.4. The van der Waals surface area contributed by atoms with E-state index in [-0.39, 0.29) is 28.0 Å². The molecule has 6 rings (SSSR count). The van der Waals surface area contributed by atoms with E-state index < -0.39 is 9.52 Å². The molecule has 45 heavy (non-hydrogen) atoms. The summed E-state index contributed by atoms with van der Waals surface area (Å²) in [6, 6.07) is 10.9. The van der Waals surface area contributed by atoms with Gasteiger partial charge in [0.1, 0.15) is 17.5 Å². The molecule has 238 valence electrons. The molecule has 1 N–H and O–H groups in total. The lowest BCUT2D eigenvalue weighted by atomic mass is 10.1. The van der Waals surface area contributed by atoms with Crippen LogP contribution in [0.5, 0.6) is 5.75 Å². The van der Waals surface area contributed by atoms with Crippen molar-refractivity contribution in [2.24, 2.45) is 0 Å². The van der Waals surface area contributed by atoms with Crippen molar-refractivity contribution in [1.29, 1.82) is 0 Å². The molecule has 5 heterocycles. The lowest BCUT2D eigenvalue weighted by molar-refractivity contribution is 0.0991. The molecule has 0 spiro atoms. The number of pyridine rings is 2. The van der Waals surface area contributed by atoms with Gasteiger partial charge in [0.05, 0.1) is 21.2 Å². The largest absolute Gasteiger partial charge is 0.490 e. The quantitative estimate of drug-likeness (QED) is 0.245. The highest BCUT2D eigenvalue weighted by Gasteiger charge is 2.26. The van der Waals surface area contributed by atoms with Gasteiger partial charge in [0.2, 0.25) is 5.95 Å². The minimum absolute atomic E-state index is 0.107. The number of rotatable bonds is 8. The Bertz CT molecular complexity index is 1850. The van der Waals surface area contributed by atoms with E-state index in [1.807, 2.05) is 38.1 Å². The Kier molecular flexibility index (Phi) is 9.15. The molecule has 0 radical (unpaired) electrons. The first kappa shape index (κ1) is 31.5. The van der Waals surface area contributed by atoms with Gasteiger partial charge >= 0.3 is 0 Å². The number of ether oxygens (including phenoxy) is 2. The van der Waals surface area contributed by atoms with Crippen LogP contribution in [-0.4, -0.2) is 79.2 Å². The number of benzene rings is 1. The second kappa shape index (κ2) is 13.1. The summed E-state index contributed by atoms with van der Waals surface area (Å²) in [6.45, 7) is 7.04. The molecule has 0 bridgehead atoms. The van der Waals surface area contributed by atoms with Crippen molar-refractivity contribution in [3.05, 3.63) is 64.2 Å². The second-order valence-electron chi connectivity index (χ2n) is 12.1. The summed E-state index contributed by atoms with van der Waals surface area (Å²) in [5.74, 6) is 5.25. The summed E-state index contributed by atoms with van der Waals surface area (Å²) in [5, 5.41) is 4.04. The van der Waals surface area contributed by atoms with Gasteiger partial charge in [0.25, 0.3) is 5.56 Å². The number of nitrogens with one attached hydrogen (secondary N) is 1. The normalized spacial score (nSPS) is 18.2. The van der Waals surface area contributed by atoms with Crippen LogP contribution >= 0.6 is 11.6 Å². The van der Waals surface area contributed by atoms with E-state index >= 15 is 0 Å². The van der Waals surface area contributed by atoms with E-state index in [1.165, 1.54) is 6.20 Å². The predicted octanol–water partition coefficient (Wildman–Crippen LogP) is 5.56. The number of hydrogen-bond donors (Lipinski definition) is 1. The molecule has 1 aromatic carbocycles. The third kappa shape index (κ3) is 6.72. The highest BCUT2D eigenvalue weighted by Crippen LogP contribution is 2.31. The van der Waals surface area contributed by atoms with Crippen LogP contribution in [0.1, 0.15) is 45.6 Å². The SMILES string of the molecule is C=S(=O)(c1cnc(-c2cc3cnc(Nc4ccc(OC5CCN(C)CC5)cc4)nc3n(C(C)C)c2=O)c(Cl)c1)C1CCOCC1. The molecule has 1 atom stereocenters. The van der Waals surface area contributed by atoms with Gasteiger partial charge in [-0.3, -0.25) is 18.6 Å². The van der Waals surface area contributed by atoms with E-state index in [9.17, 15) is 9.00 Å². The predicted molar refractivity (Wildman–Crippen MR) is 181 cm³/mol. The number of piperidine rings is 1. The molecule has 2 aliphatic rings. The van der Waals surface area contributed by atoms with Crippen molar-refractivity contribution in [2.75, 3.05) is 38.7 Å². The number of fused-ring (bicyclic) bond motifs is 1. The van der Waals surface area contributed by atoms with E-state index in [4.69, 9.17) is 26.1 Å². The molecule has 2 aliphatic heterocycles. The number of halogens is 1. The standard InChI is InChI=1S/C33H39ClN6O4S/c1-21(2)40-31-22(19-36-33(38-31)37-23-5-7-24(8-6-23)44-25-9-13-39(3)14-10-25)17-28(32(40)41)30-29(34)18-27(20-35-30)45(4,42)26-11-15-43-16-12-26/h5-8,17-21,25-26H,4,9-16H2,1-3H3,(H,36,37,38). The van der Waals surface area contributed by atoms with Gasteiger partial charge in [0, 0.05) is 70.6 Å². The lowest BCUT2D eigenvalue weighted by Gasteiger charge is -2.29. The molecule has 12 heteroatoms. The number of hydrogen-bond acceptors (Lipinski definition) is 9. The zero-order valence-corrected chi connectivity index (χ0v) is 27.4. The lowest BCUT2D eigenvalue weighted by Crippen LogP contribution is -2.35. The fraction of sp³-hybridized carbons (Fsp3) is 0.424. The average molecular weight is 651 g/mol. The molecule has 4 aromatic rings. The molecule has 10 nitrogen and oxygen atoms in total. The van der Waals surface area contributed by atoms with Gasteiger partial charge in [-0.2, -0.15) is 4.98 Å². The minimum atomic E-state index is -2.64. The fourth-order valence-corrected chi connectivity index (χ4v) is 8.15. The Morgan fingerprint density at radius 1 is 1.07 bits per heavy atom. The van der Waals surface area contributed by atoms with Crippen molar-refractivity contribution in [3.63, 3.8) is 0 Å². The van der Waals surface area contributed by atoms with E-state index in [0.717, 1.165) is 37.4 Å². The Labute approximate surface area is 268 Å². The van der Waals surface area contributed by atoms with Gasteiger partial charge in [-0.15, -0.1) is 0 Å². The van der Waals surface area contributed by atoms with Crippen LogP contribution in [0.3, 0.4) is 0 Å². The number of anilines is 2. The Morgan fingerprint density at radius 3 is 2.44 bits per heavy atom. The van der Waals surface area contributed by atoms with Gasteiger partial charge in [0.15, 0.2) is 0 Å². The fourth-order valence-electron chi connectivity index (χ4n) is 5.93. The Morgan fingerprint density at radius 2 is 1.78 bits per heavy atom. The van der Waals surface area contributed by atoms with E-state index in [0.29, 0.717) is 59.2 Å². The molecule has 2 fully saturated rings. The first-order valence-corrected chi connectivity index (χ1v) is 17.5. The van der Waals surface area contributed by atoms with Crippen LogP contribution in [0.4, 0.5) is 11.6 Å². The van der Waals surface area contributed by atoms with Crippen LogP contribution in [0, 0.1) is 0 Å². The van der Waals surface area contributed by atoms with Crippen LogP contribution < -0.4 is 15.6 Å². The van der Waals surface area contributed by atoms with Crippen LogP contribution in [0.15, 0.2) is 58.5 Å². The minimum Gasteiger partial charge on any atom is -0.490 e. The highest BCUT2D eigenvalue weighted by molar-refractivity contribution is 8.00. The van der Waals surface area contributed by atoms with Crippen molar-refractivity contribution in [2.45, 2.75) is 61.8 Å². The molecule has 0 aliphatic carbocycles. The van der Waals surface area contributed by atoms with E-state index in [1.54, 1.807) is 22.9 Å². The molecular formula is C33H39ClN6O4S. The van der Waals surface area contributed by atoms with Gasteiger partial charge < -0.3 is 19.7 Å². The third-order valence-electron chi connectivity index (χ3n) is 8.55. The van der Waals surface area contributed by atoms with Crippen LogP contribution in [0.25, 0.3) is 22.3 Å². The first-order chi connectivity index (χ1) is 21.6. The second-order valence-corrected chi connectivity index (χ2v) is 15.1. The summed E-state index contributed by atoms with van der Waals surface area (Å²) in [6.07, 6.45) is 6.81. The van der Waals surface area contributed by atoms with E-state index in [2.05, 4.69) is 33.1 Å². The topological polar surface area (TPSA) is 111 Å². The van der Waals surface area contributed by atoms with Gasteiger partial charge in [-0.05, 0) is 88.8 Å². The maximum atomic E-state index is 13.9. The maximum Gasteiger partial charge on any atom is 0.261 e. The number of nitrogens with zero attached hydrogens (tertiary/aromatic N) is 5. The zero-order chi connectivity index (χ0) is 31.7. The van der Waals surface area contributed by atoms with Crippen molar-refractivity contribution in [3.8, 4) is 17.0 Å². The zero-order valence-electron chi connectivity index (χ0n) is 25.9. The monoisotopic (exact) mass is 650 g/mol. The summed E-state index contributed by atoms with van der Waals surface area (Å²) in [4.78, 5) is 30.5. The smallest absolute Gasteiger partial charge is 0.261 e. The van der Waals surface area contributed by atoms with Gasteiger partial charge in [-0.25, -0.2) is 4.98 Å². The van der Waals surface area contributed by atoms with Crippen LogP contribution in [-0.2, 0) is 14.3 Å². The molecule has 3 aromatic heterocycles. The molecule has 2 saturated heterocycles. The van der Waals surface area contributed by atoms with Crippen molar-refractivity contribution in [1.82, 2.24) is 24.4 Å². The number of likely N-dealkylation sites (tertiary alicyclic amines) is 1. The summed E-state index contributed by atoms with van der Waals surface area (Å²) >= 11 is 6.71. The van der Waals surface area contributed by atoms with Crippen molar-refractivity contribution >= 4 is 49.7 Å². The van der Waals surface area contributed by atoms with Crippen LogP contribution in [0.2, 0.25) is 5.02 Å². The van der Waals surface area contributed by atoms with Crippen molar-refractivity contribution < 1.29 is 13.7 Å². The summed E-state index contributed by atoms with van der Waals surface area (Å²) in [5.41, 5.74) is 1.65. The average Bonchev–Trinajstić information content (AvgIpc) is 3.03. The first-order valence-electron chi connectivity index (χ1n) is 15.3. The number of aromatic nitrogens is 4. The maximum absolute atomic E-state index is 13.9. The molecular weight excluding hydrogens is 612 g/mol. The molecule has 0 amide bonds. The summed E-state index contributed by atoms with van der Waals surface area (Å²) < 4.78 is 26.9. The van der Waals surface area contributed by atoms with Gasteiger partial charge in [-0.1, -0.05) is 11.6 Å².